The van der Waals surface area contributed by atoms with Crippen LogP contribution in [0.25, 0.3) is 0 Å². The van der Waals surface area contributed by atoms with Crippen LogP contribution in [0.1, 0.15) is 39.0 Å². The molecule has 1 aromatic carbocycles. The zero-order valence-corrected chi connectivity index (χ0v) is 14.2. The SMILES string of the molecule is CC1CC2(C=CC(=O)N2c2cccc(F)c2)CCN1CC1CCC1. The van der Waals surface area contributed by atoms with Gasteiger partial charge in [0, 0.05) is 30.9 Å². The van der Waals surface area contributed by atoms with E-state index in [1.54, 1.807) is 12.1 Å². The zero-order chi connectivity index (χ0) is 16.7. The molecular formula is C20H25FN2O. The summed E-state index contributed by atoms with van der Waals surface area (Å²) >= 11 is 0. The molecule has 1 aliphatic carbocycles. The molecule has 0 radical (unpaired) electrons. The van der Waals surface area contributed by atoms with E-state index < -0.39 is 0 Å². The lowest BCUT2D eigenvalue weighted by molar-refractivity contribution is -0.114. The maximum Gasteiger partial charge on any atom is 0.251 e. The lowest BCUT2D eigenvalue weighted by Crippen LogP contribution is -2.57. The van der Waals surface area contributed by atoms with Crippen molar-refractivity contribution in [2.45, 2.75) is 50.6 Å². The van der Waals surface area contributed by atoms with E-state index in [-0.39, 0.29) is 17.3 Å². The molecule has 128 valence electrons. The first kappa shape index (κ1) is 15.8. The molecule has 2 unspecified atom stereocenters. The maximum absolute atomic E-state index is 13.7. The van der Waals surface area contributed by atoms with Crippen molar-refractivity contribution in [3.05, 3.63) is 42.2 Å². The van der Waals surface area contributed by atoms with Gasteiger partial charge in [0.1, 0.15) is 5.82 Å². The van der Waals surface area contributed by atoms with Gasteiger partial charge in [-0.1, -0.05) is 18.6 Å². The summed E-state index contributed by atoms with van der Waals surface area (Å²) in [5.41, 5.74) is 0.380. The number of halogens is 1. The van der Waals surface area contributed by atoms with Gasteiger partial charge in [0.05, 0.1) is 5.54 Å². The number of carbonyl (C=O) groups excluding carboxylic acids is 1. The van der Waals surface area contributed by atoms with Gasteiger partial charge in [0.15, 0.2) is 0 Å². The summed E-state index contributed by atoms with van der Waals surface area (Å²) in [6.45, 7) is 4.45. The molecule has 1 saturated carbocycles. The van der Waals surface area contributed by atoms with E-state index in [0.29, 0.717) is 11.7 Å². The van der Waals surface area contributed by atoms with E-state index in [2.05, 4.69) is 17.9 Å². The molecule has 4 rings (SSSR count). The van der Waals surface area contributed by atoms with Gasteiger partial charge >= 0.3 is 0 Å². The fourth-order valence-electron chi connectivity index (χ4n) is 4.53. The first-order valence-electron chi connectivity index (χ1n) is 9.10. The maximum atomic E-state index is 13.7. The highest BCUT2D eigenvalue weighted by atomic mass is 19.1. The van der Waals surface area contributed by atoms with Crippen LogP contribution in [0.15, 0.2) is 36.4 Å². The number of carbonyl (C=O) groups is 1. The number of benzene rings is 1. The summed E-state index contributed by atoms with van der Waals surface area (Å²) in [6.07, 6.45) is 9.66. The van der Waals surface area contributed by atoms with Crippen LogP contribution in [0.2, 0.25) is 0 Å². The number of nitrogens with zero attached hydrogens (tertiary/aromatic N) is 2. The average molecular weight is 328 g/mol. The van der Waals surface area contributed by atoms with E-state index in [4.69, 9.17) is 0 Å². The second-order valence-corrected chi connectivity index (χ2v) is 7.69. The van der Waals surface area contributed by atoms with Crippen molar-refractivity contribution < 1.29 is 9.18 Å². The molecule has 2 fully saturated rings. The van der Waals surface area contributed by atoms with Gasteiger partial charge in [-0.25, -0.2) is 4.39 Å². The summed E-state index contributed by atoms with van der Waals surface area (Å²) in [4.78, 5) is 16.9. The van der Waals surface area contributed by atoms with Gasteiger partial charge in [-0.3, -0.25) is 9.69 Å². The minimum Gasteiger partial charge on any atom is -0.300 e. The van der Waals surface area contributed by atoms with E-state index in [9.17, 15) is 9.18 Å². The first-order valence-corrected chi connectivity index (χ1v) is 9.10. The van der Waals surface area contributed by atoms with Gasteiger partial charge in [-0.2, -0.15) is 0 Å². The molecule has 3 nitrogen and oxygen atoms in total. The van der Waals surface area contributed by atoms with Crippen molar-refractivity contribution >= 4 is 11.6 Å². The molecule has 2 aliphatic heterocycles. The Morgan fingerprint density at radius 1 is 1.33 bits per heavy atom. The van der Waals surface area contributed by atoms with Crippen molar-refractivity contribution in [3.63, 3.8) is 0 Å². The minimum atomic E-state index is -0.294. The Balaban J connectivity index is 1.55. The van der Waals surface area contributed by atoms with Crippen LogP contribution in [-0.2, 0) is 4.79 Å². The lowest BCUT2D eigenvalue weighted by Gasteiger charge is -2.48. The van der Waals surface area contributed by atoms with E-state index in [1.807, 2.05) is 11.0 Å². The van der Waals surface area contributed by atoms with Crippen LogP contribution < -0.4 is 4.90 Å². The Kier molecular flexibility index (Phi) is 3.95. The molecule has 3 aliphatic rings. The summed E-state index contributed by atoms with van der Waals surface area (Å²) in [5, 5.41) is 0. The van der Waals surface area contributed by atoms with Crippen LogP contribution in [-0.4, -0.2) is 35.5 Å². The van der Waals surface area contributed by atoms with Crippen molar-refractivity contribution in [3.8, 4) is 0 Å². The number of rotatable bonds is 3. The molecule has 0 bridgehead atoms. The Morgan fingerprint density at radius 3 is 2.83 bits per heavy atom. The van der Waals surface area contributed by atoms with Gasteiger partial charge in [0.2, 0.25) is 0 Å². The van der Waals surface area contributed by atoms with E-state index >= 15 is 0 Å². The topological polar surface area (TPSA) is 23.6 Å². The predicted octanol–water partition coefficient (Wildman–Crippen LogP) is 3.75. The van der Waals surface area contributed by atoms with Crippen LogP contribution in [0.3, 0.4) is 0 Å². The Bertz CT molecular complexity index is 669. The Labute approximate surface area is 143 Å². The largest absolute Gasteiger partial charge is 0.300 e. The average Bonchev–Trinajstić information content (AvgIpc) is 2.81. The van der Waals surface area contributed by atoms with Crippen LogP contribution in [0.4, 0.5) is 10.1 Å². The quantitative estimate of drug-likeness (QED) is 0.844. The monoisotopic (exact) mass is 328 g/mol. The van der Waals surface area contributed by atoms with Crippen LogP contribution >= 0.6 is 0 Å². The van der Waals surface area contributed by atoms with Crippen LogP contribution in [0.5, 0.6) is 0 Å². The van der Waals surface area contributed by atoms with Crippen molar-refractivity contribution in [1.29, 1.82) is 0 Å². The fourth-order valence-corrected chi connectivity index (χ4v) is 4.53. The summed E-state index contributed by atoms with van der Waals surface area (Å²) in [5.74, 6) is 0.541. The molecule has 0 N–H and O–H groups in total. The fraction of sp³-hybridized carbons (Fsp3) is 0.550. The highest BCUT2D eigenvalue weighted by Gasteiger charge is 2.46. The number of anilines is 1. The number of amides is 1. The predicted molar refractivity (Wildman–Crippen MR) is 93.4 cm³/mol. The Morgan fingerprint density at radius 2 is 2.17 bits per heavy atom. The second-order valence-electron chi connectivity index (χ2n) is 7.69. The third-order valence-corrected chi connectivity index (χ3v) is 6.09. The highest BCUT2D eigenvalue weighted by Crippen LogP contribution is 2.41. The molecule has 1 spiro atoms. The summed E-state index contributed by atoms with van der Waals surface area (Å²) in [7, 11) is 0. The Hall–Kier alpha value is -1.68. The number of likely N-dealkylation sites (tertiary alicyclic amines) is 1. The molecule has 1 aromatic rings. The third kappa shape index (κ3) is 2.67. The van der Waals surface area contributed by atoms with Crippen LogP contribution in [0, 0.1) is 11.7 Å². The molecular weight excluding hydrogens is 303 g/mol. The summed E-state index contributed by atoms with van der Waals surface area (Å²) < 4.78 is 13.7. The number of hydrogen-bond acceptors (Lipinski definition) is 2. The highest BCUT2D eigenvalue weighted by molar-refractivity contribution is 6.06. The normalized spacial score (nSPS) is 31.0. The van der Waals surface area contributed by atoms with Gasteiger partial charge < -0.3 is 4.90 Å². The first-order chi connectivity index (χ1) is 11.6. The minimum absolute atomic E-state index is 0.0276. The molecule has 1 saturated heterocycles. The zero-order valence-electron chi connectivity index (χ0n) is 14.2. The molecule has 2 atom stereocenters. The molecule has 0 aromatic heterocycles. The van der Waals surface area contributed by atoms with Gasteiger partial charge in [-0.05, 0) is 56.7 Å². The van der Waals surface area contributed by atoms with E-state index in [0.717, 1.165) is 25.3 Å². The second kappa shape index (κ2) is 5.99. The van der Waals surface area contributed by atoms with Crippen molar-refractivity contribution in [2.75, 3.05) is 18.0 Å². The lowest BCUT2D eigenvalue weighted by atomic mass is 9.80. The standard InChI is InChI=1S/C20H25FN2O/c1-15-13-20(10-11-22(15)14-16-4-2-5-16)9-8-19(24)23(20)18-7-3-6-17(21)12-18/h3,6-9,12,15-16H,2,4-5,10-11,13-14H2,1H3. The third-order valence-electron chi connectivity index (χ3n) is 6.09. The van der Waals surface area contributed by atoms with Gasteiger partial charge in [-0.15, -0.1) is 0 Å². The number of piperidine rings is 1. The summed E-state index contributed by atoms with van der Waals surface area (Å²) in [6, 6.07) is 6.85. The molecule has 2 heterocycles. The molecule has 24 heavy (non-hydrogen) atoms. The molecule has 4 heteroatoms. The molecule has 1 amide bonds. The van der Waals surface area contributed by atoms with Crippen molar-refractivity contribution in [2.24, 2.45) is 5.92 Å². The van der Waals surface area contributed by atoms with E-state index in [1.165, 1.54) is 37.9 Å². The number of hydrogen-bond donors (Lipinski definition) is 0. The smallest absolute Gasteiger partial charge is 0.251 e. The van der Waals surface area contributed by atoms with Crippen molar-refractivity contribution in [1.82, 2.24) is 4.90 Å². The van der Waals surface area contributed by atoms with Gasteiger partial charge in [0.25, 0.3) is 5.91 Å².